The second-order valence-corrected chi connectivity index (χ2v) is 9.97. The third-order valence-electron chi connectivity index (χ3n) is 9.35. The van der Waals surface area contributed by atoms with E-state index in [9.17, 15) is 5.11 Å². The molecule has 4 fully saturated rings. The molecule has 4 rings (SSSR count). The first-order chi connectivity index (χ1) is 13.9. The fourth-order valence-electron chi connectivity index (χ4n) is 8.11. The summed E-state index contributed by atoms with van der Waals surface area (Å²) >= 11 is 0. The van der Waals surface area contributed by atoms with Gasteiger partial charge in [0.05, 0.1) is 6.10 Å². The lowest BCUT2D eigenvalue weighted by molar-refractivity contribution is -0.247. The quantitative estimate of drug-likeness (QED) is 0.528. The average molecular weight is 411 g/mol. The van der Waals surface area contributed by atoms with E-state index < -0.39 is 0 Å². The number of ether oxygens (including phenoxy) is 2. The molecule has 1 N–H and O–H groups in total. The summed E-state index contributed by atoms with van der Waals surface area (Å²) in [6.45, 7) is 12.5. The molecule has 3 heteroatoms. The van der Waals surface area contributed by atoms with E-state index in [1.165, 1.54) is 44.9 Å². The van der Waals surface area contributed by atoms with Crippen molar-refractivity contribution in [3.63, 3.8) is 0 Å². The van der Waals surface area contributed by atoms with Crippen molar-refractivity contribution >= 4 is 0 Å². The predicted molar refractivity (Wildman–Crippen MR) is 122 cm³/mol. The van der Waals surface area contributed by atoms with Crippen molar-refractivity contribution in [1.82, 2.24) is 0 Å². The molecule has 0 bridgehead atoms. The predicted octanol–water partition coefficient (Wildman–Crippen LogP) is 6.68. The fourth-order valence-corrected chi connectivity index (χ4v) is 8.11. The first-order valence-corrected chi connectivity index (χ1v) is 12.7. The molecule has 3 nitrogen and oxygen atoms in total. The summed E-state index contributed by atoms with van der Waals surface area (Å²) in [7, 11) is 3.63. The van der Waals surface area contributed by atoms with Crippen LogP contribution in [0.5, 0.6) is 0 Å². The average Bonchev–Trinajstić information content (AvgIpc) is 3.13. The molecule has 8 unspecified atom stereocenters. The fraction of sp³-hybridized carbons (Fsp3) is 1.00. The Labute approximate surface area is 181 Å². The van der Waals surface area contributed by atoms with Crippen LogP contribution in [0.2, 0.25) is 0 Å². The molecule has 172 valence electrons. The first kappa shape index (κ1) is 25.1. The number of hydrogen-bond donors (Lipinski definition) is 1. The Hall–Kier alpha value is -0.120. The smallest absolute Gasteiger partial charge is 0.167 e. The van der Waals surface area contributed by atoms with Gasteiger partial charge in [0.15, 0.2) is 5.79 Å². The number of rotatable bonds is 3. The molecule has 0 aromatic carbocycles. The van der Waals surface area contributed by atoms with Crippen molar-refractivity contribution in [3.05, 3.63) is 0 Å². The molecule has 0 aromatic rings. The highest BCUT2D eigenvalue weighted by molar-refractivity contribution is 5.07. The molecular weight excluding hydrogens is 360 g/mol. The van der Waals surface area contributed by atoms with Gasteiger partial charge < -0.3 is 14.6 Å². The van der Waals surface area contributed by atoms with E-state index in [0.717, 1.165) is 42.4 Å². The van der Waals surface area contributed by atoms with Crippen LogP contribution in [0.1, 0.15) is 99.3 Å². The van der Waals surface area contributed by atoms with Gasteiger partial charge in [-0.1, -0.05) is 34.6 Å². The minimum Gasteiger partial charge on any atom is -0.393 e. The molecule has 29 heavy (non-hydrogen) atoms. The molecule has 0 spiro atoms. The lowest BCUT2D eigenvalue weighted by Crippen LogP contribution is -2.52. The van der Waals surface area contributed by atoms with Crippen molar-refractivity contribution in [3.8, 4) is 0 Å². The van der Waals surface area contributed by atoms with Crippen LogP contribution in [-0.4, -0.2) is 31.2 Å². The van der Waals surface area contributed by atoms with E-state index in [4.69, 9.17) is 9.47 Å². The van der Waals surface area contributed by atoms with Gasteiger partial charge in [-0.2, -0.15) is 0 Å². The van der Waals surface area contributed by atoms with Crippen molar-refractivity contribution in [2.75, 3.05) is 14.2 Å². The van der Waals surface area contributed by atoms with Crippen molar-refractivity contribution in [1.29, 1.82) is 0 Å². The normalized spacial score (nSPS) is 43.3. The third-order valence-corrected chi connectivity index (χ3v) is 9.35. The molecule has 4 aliphatic carbocycles. The van der Waals surface area contributed by atoms with E-state index in [0.29, 0.717) is 11.3 Å². The number of methoxy groups -OCH3 is 2. The van der Waals surface area contributed by atoms with Gasteiger partial charge >= 0.3 is 0 Å². The molecule has 0 heterocycles. The van der Waals surface area contributed by atoms with Gasteiger partial charge in [0.25, 0.3) is 0 Å². The van der Waals surface area contributed by atoms with E-state index in [1.807, 2.05) is 48.8 Å². The summed E-state index contributed by atoms with van der Waals surface area (Å²) in [6, 6.07) is 0. The minimum atomic E-state index is -0.318. The monoisotopic (exact) mass is 410 g/mol. The van der Waals surface area contributed by atoms with Gasteiger partial charge in [0, 0.05) is 27.1 Å². The zero-order valence-electron chi connectivity index (χ0n) is 20.7. The minimum absolute atomic E-state index is 0.137. The zero-order valence-corrected chi connectivity index (χ0v) is 20.7. The molecule has 0 aliphatic heterocycles. The van der Waals surface area contributed by atoms with Crippen LogP contribution >= 0.6 is 0 Å². The molecule has 0 saturated heterocycles. The molecule has 0 radical (unpaired) electrons. The number of aliphatic hydroxyl groups excluding tert-OH is 1. The van der Waals surface area contributed by atoms with Crippen molar-refractivity contribution in [2.24, 2.45) is 40.9 Å². The summed E-state index contributed by atoms with van der Waals surface area (Å²) in [5.74, 6) is 4.54. The lowest BCUT2D eigenvalue weighted by Gasteiger charge is -2.57. The Balaban J connectivity index is 0.000000707. The van der Waals surface area contributed by atoms with Gasteiger partial charge in [-0.05, 0) is 92.8 Å². The lowest BCUT2D eigenvalue weighted by atomic mass is 9.49. The molecule has 8 atom stereocenters. The zero-order chi connectivity index (χ0) is 21.8. The second-order valence-electron chi connectivity index (χ2n) is 9.97. The standard InChI is InChI=1S/C22H38O3.2C2H6/c1-14(23)19-7-8-20-18-6-5-15-13-22(24-3,25-4)12-10-16(15)17(18)9-11-21(19,20)2;2*1-2/h14-20,23H,5-13H2,1-4H3;2*1-2H3. The highest BCUT2D eigenvalue weighted by Gasteiger charge is 2.58. The molecular formula is C26H50O3. The summed E-state index contributed by atoms with van der Waals surface area (Å²) in [5, 5.41) is 10.3. The van der Waals surface area contributed by atoms with Gasteiger partial charge in [0.1, 0.15) is 0 Å². The first-order valence-electron chi connectivity index (χ1n) is 12.7. The maximum absolute atomic E-state index is 10.3. The van der Waals surface area contributed by atoms with Gasteiger partial charge in [-0.15, -0.1) is 0 Å². The topological polar surface area (TPSA) is 38.7 Å². The second kappa shape index (κ2) is 10.5. The van der Waals surface area contributed by atoms with Crippen LogP contribution in [0.4, 0.5) is 0 Å². The van der Waals surface area contributed by atoms with Crippen LogP contribution in [-0.2, 0) is 9.47 Å². The summed E-state index contributed by atoms with van der Waals surface area (Å²) in [4.78, 5) is 0. The van der Waals surface area contributed by atoms with Crippen LogP contribution in [0, 0.1) is 40.9 Å². The van der Waals surface area contributed by atoms with E-state index in [2.05, 4.69) is 6.92 Å². The number of aliphatic hydroxyl groups is 1. The van der Waals surface area contributed by atoms with Gasteiger partial charge in [0.2, 0.25) is 0 Å². The molecule has 4 aliphatic rings. The molecule has 4 saturated carbocycles. The maximum Gasteiger partial charge on any atom is 0.167 e. The van der Waals surface area contributed by atoms with E-state index >= 15 is 0 Å². The number of fused-ring (bicyclic) bond motifs is 5. The highest BCUT2D eigenvalue weighted by atomic mass is 16.7. The Morgan fingerprint density at radius 1 is 0.793 bits per heavy atom. The van der Waals surface area contributed by atoms with Crippen LogP contribution in [0.25, 0.3) is 0 Å². The van der Waals surface area contributed by atoms with Gasteiger partial charge in [-0.3, -0.25) is 0 Å². The molecule has 0 amide bonds. The third kappa shape index (κ3) is 4.44. The van der Waals surface area contributed by atoms with Crippen LogP contribution in [0.3, 0.4) is 0 Å². The van der Waals surface area contributed by atoms with Crippen molar-refractivity contribution < 1.29 is 14.6 Å². The Kier molecular flexibility index (Phi) is 9.07. The van der Waals surface area contributed by atoms with Crippen LogP contribution in [0.15, 0.2) is 0 Å². The molecule has 0 aromatic heterocycles. The summed E-state index contributed by atoms with van der Waals surface area (Å²) < 4.78 is 11.6. The van der Waals surface area contributed by atoms with E-state index in [1.54, 1.807) is 0 Å². The SMILES string of the molecule is CC.CC.COC1(OC)CCC2C(CCC3C2CCC2(C)C(C(C)O)CCC32)C1. The van der Waals surface area contributed by atoms with Gasteiger partial charge in [-0.25, -0.2) is 0 Å². The Bertz CT molecular complexity index is 486. The Morgan fingerprint density at radius 2 is 1.41 bits per heavy atom. The van der Waals surface area contributed by atoms with Crippen molar-refractivity contribution in [2.45, 2.75) is 111 Å². The summed E-state index contributed by atoms with van der Waals surface area (Å²) in [6.07, 6.45) is 11.3. The van der Waals surface area contributed by atoms with Crippen LogP contribution < -0.4 is 0 Å². The number of hydrogen-bond acceptors (Lipinski definition) is 3. The largest absolute Gasteiger partial charge is 0.393 e. The summed E-state index contributed by atoms with van der Waals surface area (Å²) in [5.41, 5.74) is 0.389. The van der Waals surface area contributed by atoms with E-state index in [-0.39, 0.29) is 11.9 Å². The maximum atomic E-state index is 10.3. The Morgan fingerprint density at radius 3 is 2.00 bits per heavy atom. The highest BCUT2D eigenvalue weighted by Crippen LogP contribution is 2.65.